The minimum atomic E-state index is -1.50. The van der Waals surface area contributed by atoms with Crippen molar-refractivity contribution in [3.8, 4) is 0 Å². The summed E-state index contributed by atoms with van der Waals surface area (Å²) in [7, 11) is 0. The molecule has 1 aromatic heterocycles. The van der Waals surface area contributed by atoms with E-state index in [0.29, 0.717) is 11.6 Å². The summed E-state index contributed by atoms with van der Waals surface area (Å²) < 4.78 is 39.0. The van der Waals surface area contributed by atoms with Crippen LogP contribution >= 0.6 is 0 Å². The highest BCUT2D eigenvalue weighted by Crippen LogP contribution is 2.20. The topological polar surface area (TPSA) is 49.8 Å². The molecule has 0 spiro atoms. The van der Waals surface area contributed by atoms with Crippen molar-refractivity contribution in [3.05, 3.63) is 42.0 Å². The maximum absolute atomic E-state index is 13.1. The largest absolute Gasteiger partial charge is 0.369 e. The average Bonchev–Trinajstić information content (AvgIpc) is 2.43. The molecule has 0 aliphatic heterocycles. The molecule has 0 bridgehead atoms. The first-order valence-corrected chi connectivity index (χ1v) is 6.07. The summed E-state index contributed by atoms with van der Waals surface area (Å²) in [5.74, 6) is -3.18. The summed E-state index contributed by atoms with van der Waals surface area (Å²) in [5, 5.41) is 5.70. The third-order valence-corrected chi connectivity index (χ3v) is 2.45. The molecule has 0 saturated carbocycles. The summed E-state index contributed by atoms with van der Waals surface area (Å²) in [4.78, 5) is 8.11. The van der Waals surface area contributed by atoms with Crippen LogP contribution in [-0.4, -0.2) is 16.5 Å². The maximum Gasteiger partial charge on any atom is 0.194 e. The normalized spacial score (nSPS) is 10.4. The number of rotatable bonds is 5. The van der Waals surface area contributed by atoms with E-state index < -0.39 is 17.5 Å². The maximum atomic E-state index is 13.1. The first kappa shape index (κ1) is 14.1. The molecular formula is C13H13F3N4. The summed E-state index contributed by atoms with van der Waals surface area (Å²) in [5.41, 5.74) is 0.0586. The molecule has 4 nitrogen and oxygen atoms in total. The van der Waals surface area contributed by atoms with Gasteiger partial charge in [0.25, 0.3) is 0 Å². The van der Waals surface area contributed by atoms with Crippen molar-refractivity contribution < 1.29 is 13.2 Å². The second-order valence-corrected chi connectivity index (χ2v) is 4.10. The van der Waals surface area contributed by atoms with Crippen molar-refractivity contribution in [1.29, 1.82) is 0 Å². The van der Waals surface area contributed by atoms with E-state index in [1.807, 2.05) is 6.92 Å². The number of halogens is 3. The summed E-state index contributed by atoms with van der Waals surface area (Å²) in [6.07, 6.45) is 3.86. The van der Waals surface area contributed by atoms with Crippen molar-refractivity contribution in [2.75, 3.05) is 17.2 Å². The van der Waals surface area contributed by atoms with Crippen molar-refractivity contribution in [2.24, 2.45) is 0 Å². The van der Waals surface area contributed by atoms with Crippen LogP contribution in [0, 0.1) is 17.5 Å². The molecule has 2 rings (SSSR count). The minimum absolute atomic E-state index is 0.0586. The molecule has 1 heterocycles. The van der Waals surface area contributed by atoms with Crippen LogP contribution in [0.1, 0.15) is 13.3 Å². The van der Waals surface area contributed by atoms with E-state index in [0.717, 1.165) is 25.1 Å². The lowest BCUT2D eigenvalue weighted by atomic mass is 10.3. The molecule has 1 aromatic carbocycles. The SMILES string of the molecule is CCCNc1cncc(Nc2cc(F)c(F)c(F)c2)n1. The summed E-state index contributed by atoms with van der Waals surface area (Å²) >= 11 is 0. The van der Waals surface area contributed by atoms with Gasteiger partial charge in [0.1, 0.15) is 5.82 Å². The van der Waals surface area contributed by atoms with Crippen molar-refractivity contribution >= 4 is 17.3 Å². The van der Waals surface area contributed by atoms with Crippen LogP contribution in [0.4, 0.5) is 30.5 Å². The number of anilines is 3. The molecule has 2 N–H and O–H groups in total. The van der Waals surface area contributed by atoms with Gasteiger partial charge < -0.3 is 10.6 Å². The fraction of sp³-hybridized carbons (Fsp3) is 0.231. The lowest BCUT2D eigenvalue weighted by Crippen LogP contribution is -2.04. The highest BCUT2D eigenvalue weighted by molar-refractivity contribution is 5.57. The predicted molar refractivity (Wildman–Crippen MR) is 70.4 cm³/mol. The van der Waals surface area contributed by atoms with E-state index in [1.165, 1.54) is 12.4 Å². The Morgan fingerprint density at radius 2 is 1.70 bits per heavy atom. The van der Waals surface area contributed by atoms with E-state index in [9.17, 15) is 13.2 Å². The molecule has 20 heavy (non-hydrogen) atoms. The third kappa shape index (κ3) is 3.37. The van der Waals surface area contributed by atoms with Crippen molar-refractivity contribution in [2.45, 2.75) is 13.3 Å². The van der Waals surface area contributed by atoms with Gasteiger partial charge in [-0.2, -0.15) is 0 Å². The van der Waals surface area contributed by atoms with Gasteiger partial charge in [-0.05, 0) is 6.42 Å². The summed E-state index contributed by atoms with van der Waals surface area (Å²) in [6.45, 7) is 2.74. The highest BCUT2D eigenvalue weighted by atomic mass is 19.2. The van der Waals surface area contributed by atoms with Gasteiger partial charge in [-0.25, -0.2) is 18.2 Å². The molecular weight excluding hydrogens is 269 g/mol. The van der Waals surface area contributed by atoms with E-state index in [4.69, 9.17) is 0 Å². The van der Waals surface area contributed by atoms with Gasteiger partial charge in [-0.1, -0.05) is 6.92 Å². The zero-order chi connectivity index (χ0) is 14.5. The van der Waals surface area contributed by atoms with E-state index >= 15 is 0 Å². The second kappa shape index (κ2) is 6.23. The molecule has 0 atom stereocenters. The Balaban J connectivity index is 2.17. The standard InChI is InChI=1S/C13H13F3N4/c1-2-3-18-11-6-17-7-12(20-11)19-8-4-9(14)13(16)10(15)5-8/h4-7H,2-3H2,1H3,(H2,18,19,20). The molecule has 7 heteroatoms. The lowest BCUT2D eigenvalue weighted by molar-refractivity contribution is 0.448. The molecule has 0 saturated heterocycles. The Bertz CT molecular complexity index is 581. The van der Waals surface area contributed by atoms with E-state index in [-0.39, 0.29) is 5.69 Å². The number of hydrogen-bond acceptors (Lipinski definition) is 4. The van der Waals surface area contributed by atoms with Crippen LogP contribution in [0.25, 0.3) is 0 Å². The Morgan fingerprint density at radius 3 is 2.35 bits per heavy atom. The first-order chi connectivity index (χ1) is 9.60. The highest BCUT2D eigenvalue weighted by Gasteiger charge is 2.11. The first-order valence-electron chi connectivity index (χ1n) is 6.07. The van der Waals surface area contributed by atoms with Crippen LogP contribution in [-0.2, 0) is 0 Å². The van der Waals surface area contributed by atoms with Crippen LogP contribution in [0.5, 0.6) is 0 Å². The number of aromatic nitrogens is 2. The van der Waals surface area contributed by atoms with Crippen molar-refractivity contribution in [1.82, 2.24) is 9.97 Å². The van der Waals surface area contributed by atoms with Crippen LogP contribution < -0.4 is 10.6 Å². The zero-order valence-electron chi connectivity index (χ0n) is 10.8. The molecule has 106 valence electrons. The molecule has 0 aliphatic carbocycles. The fourth-order valence-electron chi connectivity index (χ4n) is 1.54. The number of benzene rings is 1. The minimum Gasteiger partial charge on any atom is -0.369 e. The van der Waals surface area contributed by atoms with Crippen LogP contribution in [0.15, 0.2) is 24.5 Å². The van der Waals surface area contributed by atoms with Gasteiger partial charge in [0.15, 0.2) is 23.3 Å². The van der Waals surface area contributed by atoms with E-state index in [1.54, 1.807) is 0 Å². The molecule has 0 amide bonds. The van der Waals surface area contributed by atoms with Crippen LogP contribution in [0.3, 0.4) is 0 Å². The molecule has 0 fully saturated rings. The second-order valence-electron chi connectivity index (χ2n) is 4.10. The third-order valence-electron chi connectivity index (χ3n) is 2.45. The Kier molecular flexibility index (Phi) is 4.39. The Hall–Kier alpha value is -2.31. The fourth-order valence-corrected chi connectivity index (χ4v) is 1.54. The molecule has 0 radical (unpaired) electrons. The summed E-state index contributed by atoms with van der Waals surface area (Å²) in [6, 6.07) is 1.71. The van der Waals surface area contributed by atoms with Gasteiger partial charge in [0, 0.05) is 24.4 Å². The zero-order valence-corrected chi connectivity index (χ0v) is 10.8. The molecule has 0 aliphatic rings. The van der Waals surface area contributed by atoms with Gasteiger partial charge in [-0.3, -0.25) is 4.98 Å². The van der Waals surface area contributed by atoms with E-state index in [2.05, 4.69) is 20.6 Å². The predicted octanol–water partition coefficient (Wildman–Crippen LogP) is 3.46. The molecule has 2 aromatic rings. The number of hydrogen-bond donors (Lipinski definition) is 2. The Morgan fingerprint density at radius 1 is 1.05 bits per heavy atom. The number of nitrogens with zero attached hydrogens (tertiary/aromatic N) is 2. The monoisotopic (exact) mass is 282 g/mol. The van der Waals surface area contributed by atoms with Gasteiger partial charge in [0.2, 0.25) is 0 Å². The van der Waals surface area contributed by atoms with Gasteiger partial charge >= 0.3 is 0 Å². The quantitative estimate of drug-likeness (QED) is 0.825. The van der Waals surface area contributed by atoms with Gasteiger partial charge in [0.05, 0.1) is 12.4 Å². The number of nitrogens with one attached hydrogen (secondary N) is 2. The van der Waals surface area contributed by atoms with Crippen molar-refractivity contribution in [3.63, 3.8) is 0 Å². The average molecular weight is 282 g/mol. The lowest BCUT2D eigenvalue weighted by Gasteiger charge is -2.08. The molecule has 0 unspecified atom stereocenters. The van der Waals surface area contributed by atoms with Gasteiger partial charge in [-0.15, -0.1) is 0 Å². The van der Waals surface area contributed by atoms with Crippen LogP contribution in [0.2, 0.25) is 0 Å². The smallest absolute Gasteiger partial charge is 0.194 e. The Labute approximate surface area is 114 Å².